The van der Waals surface area contributed by atoms with Crippen molar-refractivity contribution in [1.29, 1.82) is 0 Å². The highest BCUT2D eigenvalue weighted by molar-refractivity contribution is 5.69. The summed E-state index contributed by atoms with van der Waals surface area (Å²) in [7, 11) is 0. The SMILES string of the molecule is O=C(CCc1nc(-c2ccco2)no1)OC1CCCCC1. The third-order valence-corrected chi connectivity index (χ3v) is 3.60. The summed E-state index contributed by atoms with van der Waals surface area (Å²) in [5.74, 6) is 1.17. The molecule has 1 aliphatic rings. The van der Waals surface area contributed by atoms with Crippen molar-refractivity contribution in [3.05, 3.63) is 24.3 Å². The van der Waals surface area contributed by atoms with Gasteiger partial charge in [0.05, 0.1) is 12.7 Å². The van der Waals surface area contributed by atoms with Gasteiger partial charge >= 0.3 is 5.97 Å². The van der Waals surface area contributed by atoms with Crippen molar-refractivity contribution in [2.45, 2.75) is 51.0 Å². The second kappa shape index (κ2) is 6.56. The largest absolute Gasteiger partial charge is 0.462 e. The maximum Gasteiger partial charge on any atom is 0.306 e. The van der Waals surface area contributed by atoms with Gasteiger partial charge in [-0.05, 0) is 37.8 Å². The van der Waals surface area contributed by atoms with Crippen LogP contribution in [0, 0.1) is 0 Å². The molecule has 0 N–H and O–H groups in total. The molecule has 6 nitrogen and oxygen atoms in total. The normalized spacial score (nSPS) is 16.0. The minimum Gasteiger partial charge on any atom is -0.462 e. The Bertz CT molecular complexity index is 570. The van der Waals surface area contributed by atoms with Gasteiger partial charge in [0.2, 0.25) is 11.7 Å². The molecule has 1 saturated carbocycles. The molecule has 0 aromatic carbocycles. The molecule has 2 heterocycles. The molecule has 0 aliphatic heterocycles. The number of nitrogens with zero attached hydrogens (tertiary/aromatic N) is 2. The number of hydrogen-bond donors (Lipinski definition) is 0. The molecular weight excluding hydrogens is 272 g/mol. The predicted octanol–water partition coefficient (Wildman–Crippen LogP) is 3.14. The van der Waals surface area contributed by atoms with Crippen LogP contribution in [-0.4, -0.2) is 22.2 Å². The van der Waals surface area contributed by atoms with E-state index in [1.54, 1.807) is 18.4 Å². The molecular formula is C15H18N2O4. The van der Waals surface area contributed by atoms with Crippen LogP contribution in [0.15, 0.2) is 27.3 Å². The Balaban J connectivity index is 1.47. The molecule has 6 heteroatoms. The summed E-state index contributed by atoms with van der Waals surface area (Å²) in [6.45, 7) is 0. The van der Waals surface area contributed by atoms with Gasteiger partial charge in [0, 0.05) is 6.42 Å². The fourth-order valence-corrected chi connectivity index (χ4v) is 2.50. The van der Waals surface area contributed by atoms with E-state index in [4.69, 9.17) is 13.7 Å². The Kier molecular flexibility index (Phi) is 4.33. The van der Waals surface area contributed by atoms with Crippen LogP contribution in [0.25, 0.3) is 11.6 Å². The van der Waals surface area contributed by atoms with Crippen molar-refractivity contribution in [3.63, 3.8) is 0 Å². The molecule has 0 bridgehead atoms. The number of rotatable bonds is 5. The Morgan fingerprint density at radius 3 is 2.95 bits per heavy atom. The van der Waals surface area contributed by atoms with E-state index in [2.05, 4.69) is 10.1 Å². The summed E-state index contributed by atoms with van der Waals surface area (Å²) in [6, 6.07) is 3.51. The Morgan fingerprint density at radius 1 is 1.33 bits per heavy atom. The third kappa shape index (κ3) is 3.71. The quantitative estimate of drug-likeness (QED) is 0.787. The highest BCUT2D eigenvalue weighted by atomic mass is 16.5. The van der Waals surface area contributed by atoms with Gasteiger partial charge in [-0.25, -0.2) is 0 Å². The number of esters is 1. The summed E-state index contributed by atoms with van der Waals surface area (Å²) in [4.78, 5) is 16.0. The lowest BCUT2D eigenvalue weighted by molar-refractivity contribution is -0.150. The van der Waals surface area contributed by atoms with Gasteiger partial charge in [-0.3, -0.25) is 4.79 Å². The number of aryl methyl sites for hydroxylation is 1. The fraction of sp³-hybridized carbons (Fsp3) is 0.533. The van der Waals surface area contributed by atoms with E-state index in [9.17, 15) is 4.79 Å². The van der Waals surface area contributed by atoms with Crippen LogP contribution >= 0.6 is 0 Å². The van der Waals surface area contributed by atoms with Crippen LogP contribution in [0.4, 0.5) is 0 Å². The summed E-state index contributed by atoms with van der Waals surface area (Å²) in [6.07, 6.45) is 7.78. The minimum absolute atomic E-state index is 0.0904. The molecule has 0 unspecified atom stereocenters. The van der Waals surface area contributed by atoms with Crippen LogP contribution in [0.1, 0.15) is 44.4 Å². The summed E-state index contributed by atoms with van der Waals surface area (Å²) in [5.41, 5.74) is 0. The molecule has 1 aliphatic carbocycles. The van der Waals surface area contributed by atoms with E-state index in [0.717, 1.165) is 25.7 Å². The standard InChI is InChI=1S/C15H18N2O4/c18-14(20-11-5-2-1-3-6-11)9-8-13-16-15(17-21-13)12-7-4-10-19-12/h4,7,10-11H,1-3,5-6,8-9H2. The molecule has 21 heavy (non-hydrogen) atoms. The molecule has 0 atom stereocenters. The number of hydrogen-bond acceptors (Lipinski definition) is 6. The van der Waals surface area contributed by atoms with Crippen LogP contribution in [0.5, 0.6) is 0 Å². The summed E-state index contributed by atoms with van der Waals surface area (Å²) >= 11 is 0. The average Bonchev–Trinajstić information content (AvgIpc) is 3.17. The molecule has 0 spiro atoms. The molecule has 112 valence electrons. The Morgan fingerprint density at radius 2 is 2.19 bits per heavy atom. The van der Waals surface area contributed by atoms with Crippen LogP contribution in [0.3, 0.4) is 0 Å². The second-order valence-electron chi connectivity index (χ2n) is 5.24. The molecule has 2 aromatic heterocycles. The smallest absolute Gasteiger partial charge is 0.306 e. The van der Waals surface area contributed by atoms with Gasteiger partial charge in [0.1, 0.15) is 6.10 Å². The molecule has 0 saturated heterocycles. The lowest BCUT2D eigenvalue weighted by Crippen LogP contribution is -2.21. The first-order valence-corrected chi connectivity index (χ1v) is 7.37. The third-order valence-electron chi connectivity index (χ3n) is 3.60. The zero-order valence-corrected chi connectivity index (χ0v) is 11.8. The highest BCUT2D eigenvalue weighted by Gasteiger charge is 2.18. The molecule has 1 fully saturated rings. The Labute approximate surface area is 122 Å². The van der Waals surface area contributed by atoms with E-state index in [-0.39, 0.29) is 18.5 Å². The first kappa shape index (κ1) is 13.9. The van der Waals surface area contributed by atoms with Gasteiger partial charge in [-0.1, -0.05) is 11.6 Å². The number of furan rings is 1. The van der Waals surface area contributed by atoms with Crippen molar-refractivity contribution in [2.24, 2.45) is 0 Å². The van der Waals surface area contributed by atoms with Crippen molar-refractivity contribution >= 4 is 5.97 Å². The summed E-state index contributed by atoms with van der Waals surface area (Å²) in [5, 5.41) is 3.82. The maximum atomic E-state index is 11.8. The monoisotopic (exact) mass is 290 g/mol. The van der Waals surface area contributed by atoms with Gasteiger partial charge < -0.3 is 13.7 Å². The highest BCUT2D eigenvalue weighted by Crippen LogP contribution is 2.21. The first-order chi connectivity index (χ1) is 10.3. The fourth-order valence-electron chi connectivity index (χ4n) is 2.50. The number of carbonyl (C=O) groups excluding carboxylic acids is 1. The molecule has 0 radical (unpaired) electrons. The van der Waals surface area contributed by atoms with E-state index in [1.165, 1.54) is 6.42 Å². The average molecular weight is 290 g/mol. The van der Waals surface area contributed by atoms with E-state index < -0.39 is 0 Å². The number of aromatic nitrogens is 2. The first-order valence-electron chi connectivity index (χ1n) is 7.37. The van der Waals surface area contributed by atoms with Gasteiger partial charge in [0.15, 0.2) is 5.76 Å². The van der Waals surface area contributed by atoms with Crippen molar-refractivity contribution in [2.75, 3.05) is 0 Å². The van der Waals surface area contributed by atoms with Crippen LogP contribution < -0.4 is 0 Å². The minimum atomic E-state index is -0.195. The lowest BCUT2D eigenvalue weighted by atomic mass is 9.98. The Hall–Kier alpha value is -2.11. The van der Waals surface area contributed by atoms with Crippen molar-refractivity contribution in [1.82, 2.24) is 10.1 Å². The number of carbonyl (C=O) groups is 1. The van der Waals surface area contributed by atoms with Crippen LogP contribution in [-0.2, 0) is 16.0 Å². The second-order valence-corrected chi connectivity index (χ2v) is 5.24. The number of ether oxygens (including phenoxy) is 1. The van der Waals surface area contributed by atoms with E-state index in [0.29, 0.717) is 23.9 Å². The lowest BCUT2D eigenvalue weighted by Gasteiger charge is -2.21. The van der Waals surface area contributed by atoms with Crippen molar-refractivity contribution in [3.8, 4) is 11.6 Å². The zero-order chi connectivity index (χ0) is 14.5. The molecule has 3 rings (SSSR count). The topological polar surface area (TPSA) is 78.4 Å². The van der Waals surface area contributed by atoms with Crippen molar-refractivity contribution < 1.29 is 18.5 Å². The molecule has 2 aromatic rings. The zero-order valence-electron chi connectivity index (χ0n) is 11.8. The molecule has 0 amide bonds. The maximum absolute atomic E-state index is 11.8. The predicted molar refractivity (Wildman–Crippen MR) is 73.3 cm³/mol. The van der Waals surface area contributed by atoms with Gasteiger partial charge in [0.25, 0.3) is 0 Å². The van der Waals surface area contributed by atoms with E-state index >= 15 is 0 Å². The van der Waals surface area contributed by atoms with Crippen LogP contribution in [0.2, 0.25) is 0 Å². The van der Waals surface area contributed by atoms with E-state index in [1.807, 2.05) is 0 Å². The summed E-state index contributed by atoms with van der Waals surface area (Å²) < 4.78 is 15.7. The van der Waals surface area contributed by atoms with Gasteiger partial charge in [-0.15, -0.1) is 0 Å². The van der Waals surface area contributed by atoms with Gasteiger partial charge in [-0.2, -0.15) is 4.98 Å².